The molecule has 76 valence electrons. The minimum atomic E-state index is -3.98. The predicted molar refractivity (Wildman–Crippen MR) is 48.5 cm³/mol. The molecule has 0 heterocycles. The number of hydrogen-bond acceptors (Lipinski definition) is 2. The minimum Gasteiger partial charge on any atom is -0.273 e. The first-order chi connectivity index (χ1) is 6.04. The monoisotopic (exact) mass is 205 g/mol. The molecule has 0 radical (unpaired) electrons. The highest BCUT2D eigenvalue weighted by molar-refractivity contribution is 7.83. The van der Waals surface area contributed by atoms with Crippen LogP contribution in [0.4, 0.5) is 0 Å². The van der Waals surface area contributed by atoms with Crippen molar-refractivity contribution in [3.05, 3.63) is 0 Å². The van der Waals surface area contributed by atoms with Gasteiger partial charge >= 0.3 is 10.3 Å². The molecule has 0 aromatic carbocycles. The van der Waals surface area contributed by atoms with Crippen molar-refractivity contribution in [2.75, 3.05) is 6.54 Å². The fraction of sp³-hybridized carbons (Fsp3) is 1.00. The molecule has 2 bridgehead atoms. The molecule has 0 spiro atoms. The maximum absolute atomic E-state index is 10.4. The summed E-state index contributed by atoms with van der Waals surface area (Å²) in [7, 11) is -3.98. The Morgan fingerprint density at radius 2 is 2.08 bits per heavy atom. The van der Waals surface area contributed by atoms with Crippen LogP contribution in [0.5, 0.6) is 0 Å². The van der Waals surface area contributed by atoms with Crippen molar-refractivity contribution < 1.29 is 13.0 Å². The summed E-state index contributed by atoms with van der Waals surface area (Å²) in [5, 5.41) is 0. The van der Waals surface area contributed by atoms with Gasteiger partial charge < -0.3 is 0 Å². The Bertz CT molecular complexity index is 288. The molecule has 2 rings (SSSR count). The van der Waals surface area contributed by atoms with Crippen molar-refractivity contribution in [2.24, 2.45) is 17.8 Å². The van der Waals surface area contributed by atoms with Gasteiger partial charge in [-0.05, 0) is 37.0 Å². The van der Waals surface area contributed by atoms with Gasteiger partial charge in [0.1, 0.15) is 0 Å². The first-order valence-electron chi connectivity index (χ1n) is 4.76. The predicted octanol–water partition coefficient (Wildman–Crippen LogP) is 0.815. The van der Waals surface area contributed by atoms with Gasteiger partial charge in [-0.3, -0.25) is 4.55 Å². The molecule has 2 aliphatic rings. The van der Waals surface area contributed by atoms with Gasteiger partial charge in [-0.15, -0.1) is 0 Å². The molecule has 1 unspecified atom stereocenters. The molecule has 2 N–H and O–H groups in total. The zero-order valence-electron chi connectivity index (χ0n) is 7.44. The van der Waals surface area contributed by atoms with Gasteiger partial charge in [0.05, 0.1) is 0 Å². The van der Waals surface area contributed by atoms with Crippen LogP contribution in [0.2, 0.25) is 0 Å². The van der Waals surface area contributed by atoms with E-state index >= 15 is 0 Å². The maximum atomic E-state index is 10.4. The highest BCUT2D eigenvalue weighted by Gasteiger charge is 2.39. The second-order valence-corrected chi connectivity index (χ2v) is 5.50. The van der Waals surface area contributed by atoms with Crippen LogP contribution in [0.3, 0.4) is 0 Å². The number of fused-ring (bicyclic) bond motifs is 2. The summed E-state index contributed by atoms with van der Waals surface area (Å²) in [6.45, 7) is 0.417. The first kappa shape index (κ1) is 9.43. The van der Waals surface area contributed by atoms with Gasteiger partial charge in [0, 0.05) is 6.54 Å². The van der Waals surface area contributed by atoms with Gasteiger partial charge in [-0.1, -0.05) is 6.42 Å². The third-order valence-corrected chi connectivity index (χ3v) is 3.94. The second kappa shape index (κ2) is 3.22. The molecule has 4 nitrogen and oxygen atoms in total. The zero-order chi connectivity index (χ0) is 9.47. The Hall–Kier alpha value is -0.130. The van der Waals surface area contributed by atoms with E-state index in [1.54, 1.807) is 0 Å². The fourth-order valence-corrected chi connectivity index (χ4v) is 3.26. The Balaban J connectivity index is 1.84. The lowest BCUT2D eigenvalue weighted by Crippen LogP contribution is -2.30. The highest BCUT2D eigenvalue weighted by Crippen LogP contribution is 2.47. The van der Waals surface area contributed by atoms with E-state index in [4.69, 9.17) is 4.55 Å². The normalized spacial score (nSPS) is 38.4. The van der Waals surface area contributed by atoms with Gasteiger partial charge in [-0.25, -0.2) is 0 Å². The summed E-state index contributed by atoms with van der Waals surface area (Å²) in [6, 6.07) is 0. The topological polar surface area (TPSA) is 66.4 Å². The van der Waals surface area contributed by atoms with Crippen LogP contribution in [0.1, 0.15) is 25.7 Å². The van der Waals surface area contributed by atoms with Crippen LogP contribution in [0.15, 0.2) is 0 Å². The van der Waals surface area contributed by atoms with Crippen molar-refractivity contribution in [2.45, 2.75) is 25.7 Å². The largest absolute Gasteiger partial charge is 0.333 e. The SMILES string of the molecule is O=S(=O)(O)NCC1C[C@H]2CC[C@@H]1C2. The molecule has 0 saturated heterocycles. The van der Waals surface area contributed by atoms with Crippen LogP contribution in [-0.2, 0) is 10.3 Å². The van der Waals surface area contributed by atoms with E-state index in [-0.39, 0.29) is 0 Å². The Labute approximate surface area is 78.6 Å². The van der Waals surface area contributed by atoms with Crippen molar-refractivity contribution in [3.8, 4) is 0 Å². The first-order valence-corrected chi connectivity index (χ1v) is 6.20. The van der Waals surface area contributed by atoms with Crippen LogP contribution in [-0.4, -0.2) is 19.5 Å². The van der Waals surface area contributed by atoms with Crippen molar-refractivity contribution >= 4 is 10.3 Å². The van der Waals surface area contributed by atoms with Crippen LogP contribution < -0.4 is 4.72 Å². The van der Waals surface area contributed by atoms with Crippen molar-refractivity contribution in [3.63, 3.8) is 0 Å². The quantitative estimate of drug-likeness (QED) is 0.670. The molecule has 13 heavy (non-hydrogen) atoms. The van der Waals surface area contributed by atoms with Crippen LogP contribution >= 0.6 is 0 Å². The van der Waals surface area contributed by atoms with E-state index in [9.17, 15) is 8.42 Å². The van der Waals surface area contributed by atoms with Gasteiger partial charge in [0.15, 0.2) is 0 Å². The zero-order valence-corrected chi connectivity index (χ0v) is 8.26. The molecule has 3 atom stereocenters. The lowest BCUT2D eigenvalue weighted by Gasteiger charge is -2.20. The number of nitrogens with one attached hydrogen (secondary N) is 1. The van der Waals surface area contributed by atoms with Crippen LogP contribution in [0, 0.1) is 17.8 Å². The van der Waals surface area contributed by atoms with E-state index in [1.165, 1.54) is 19.3 Å². The molecule has 2 aliphatic carbocycles. The molecule has 5 heteroatoms. The Kier molecular flexibility index (Phi) is 2.33. The summed E-state index contributed by atoms with van der Waals surface area (Å²) in [6.07, 6.45) is 4.94. The van der Waals surface area contributed by atoms with Crippen molar-refractivity contribution in [1.82, 2.24) is 4.72 Å². The van der Waals surface area contributed by atoms with E-state index in [0.29, 0.717) is 18.4 Å². The fourth-order valence-electron chi connectivity index (χ4n) is 2.84. The molecule has 2 saturated carbocycles. The lowest BCUT2D eigenvalue weighted by atomic mass is 9.89. The van der Waals surface area contributed by atoms with Gasteiger partial charge in [0.25, 0.3) is 0 Å². The molecule has 0 aliphatic heterocycles. The molecule has 2 fully saturated rings. The Morgan fingerprint density at radius 1 is 1.31 bits per heavy atom. The maximum Gasteiger partial charge on any atom is 0.333 e. The summed E-state index contributed by atoms with van der Waals surface area (Å²) in [5.74, 6) is 1.97. The summed E-state index contributed by atoms with van der Waals surface area (Å²) >= 11 is 0. The summed E-state index contributed by atoms with van der Waals surface area (Å²) in [4.78, 5) is 0. The van der Waals surface area contributed by atoms with Gasteiger partial charge in [-0.2, -0.15) is 13.1 Å². The summed E-state index contributed by atoms with van der Waals surface area (Å²) < 4.78 is 31.6. The minimum absolute atomic E-state index is 0.417. The van der Waals surface area contributed by atoms with Crippen LogP contribution in [0.25, 0.3) is 0 Å². The molecule has 0 amide bonds. The van der Waals surface area contributed by atoms with E-state index in [2.05, 4.69) is 4.72 Å². The molecular formula is C8H15NO3S. The molecule has 0 aromatic heterocycles. The van der Waals surface area contributed by atoms with E-state index in [0.717, 1.165) is 12.3 Å². The third kappa shape index (κ3) is 2.21. The Morgan fingerprint density at radius 3 is 2.54 bits per heavy atom. The average molecular weight is 205 g/mol. The lowest BCUT2D eigenvalue weighted by molar-refractivity contribution is 0.328. The second-order valence-electron chi connectivity index (χ2n) is 4.26. The third-order valence-electron chi connectivity index (χ3n) is 3.41. The van der Waals surface area contributed by atoms with E-state index < -0.39 is 10.3 Å². The smallest absolute Gasteiger partial charge is 0.273 e. The molecular weight excluding hydrogens is 190 g/mol. The number of rotatable bonds is 3. The van der Waals surface area contributed by atoms with Crippen molar-refractivity contribution in [1.29, 1.82) is 0 Å². The highest BCUT2D eigenvalue weighted by atomic mass is 32.2. The number of hydrogen-bond donors (Lipinski definition) is 2. The summed E-state index contributed by atoms with van der Waals surface area (Å²) in [5.41, 5.74) is 0. The molecule has 0 aromatic rings. The van der Waals surface area contributed by atoms with Gasteiger partial charge in [0.2, 0.25) is 0 Å². The standard InChI is InChI=1S/C8H15NO3S/c10-13(11,12)9-5-8-4-6-1-2-7(8)3-6/h6-9H,1-5H2,(H,10,11,12)/t6-,7+,8?/m0/s1. The van der Waals surface area contributed by atoms with E-state index in [1.807, 2.05) is 0 Å². The average Bonchev–Trinajstić information content (AvgIpc) is 2.58.